The van der Waals surface area contributed by atoms with Crippen LogP contribution in [0.3, 0.4) is 0 Å². The molecule has 4 aromatic rings. The highest BCUT2D eigenvalue weighted by atomic mass is 32.1. The fraction of sp³-hybridized carbons (Fsp3) is 0.105. The highest BCUT2D eigenvalue weighted by molar-refractivity contribution is 7.17. The smallest absolute Gasteiger partial charge is 0.160 e. The number of pyridine rings is 1. The van der Waals surface area contributed by atoms with Crippen LogP contribution in [0.15, 0.2) is 60.2 Å². The Morgan fingerprint density at radius 3 is 2.79 bits per heavy atom. The Morgan fingerprint density at radius 2 is 1.96 bits per heavy atom. The average molecular weight is 332 g/mol. The Bertz CT molecular complexity index is 976. The molecular formula is C19H16N4S. The van der Waals surface area contributed by atoms with E-state index in [2.05, 4.69) is 49.9 Å². The molecule has 4 nitrogen and oxygen atoms in total. The van der Waals surface area contributed by atoms with Gasteiger partial charge in [0.15, 0.2) is 5.82 Å². The van der Waals surface area contributed by atoms with Gasteiger partial charge in [-0.3, -0.25) is 0 Å². The molecule has 0 bridgehead atoms. The fourth-order valence-corrected chi connectivity index (χ4v) is 3.54. The molecule has 0 atom stereocenters. The molecule has 0 saturated carbocycles. The van der Waals surface area contributed by atoms with Crippen LogP contribution in [0.4, 0.5) is 5.82 Å². The molecule has 1 N–H and O–H groups in total. The molecule has 0 spiro atoms. The summed E-state index contributed by atoms with van der Waals surface area (Å²) in [6, 6.07) is 14.3. The van der Waals surface area contributed by atoms with Crippen molar-refractivity contribution in [1.29, 1.82) is 0 Å². The van der Waals surface area contributed by atoms with Crippen molar-refractivity contribution in [3.8, 4) is 11.4 Å². The predicted octanol–water partition coefficient (Wildman–Crippen LogP) is 4.67. The van der Waals surface area contributed by atoms with Gasteiger partial charge in [0.05, 0.1) is 0 Å². The molecular weight excluding hydrogens is 316 g/mol. The molecule has 0 radical (unpaired) electrons. The molecule has 0 saturated heterocycles. The number of hydrogen-bond acceptors (Lipinski definition) is 5. The van der Waals surface area contributed by atoms with E-state index in [0.29, 0.717) is 5.82 Å². The lowest BCUT2D eigenvalue weighted by Gasteiger charge is -2.06. The van der Waals surface area contributed by atoms with Crippen LogP contribution >= 0.6 is 11.3 Å². The lowest BCUT2D eigenvalue weighted by atomic mass is 10.2. The van der Waals surface area contributed by atoms with Crippen molar-refractivity contribution < 1.29 is 0 Å². The van der Waals surface area contributed by atoms with E-state index in [0.717, 1.165) is 23.6 Å². The van der Waals surface area contributed by atoms with E-state index >= 15 is 0 Å². The Labute approximate surface area is 144 Å². The molecule has 0 aliphatic rings. The van der Waals surface area contributed by atoms with Gasteiger partial charge in [0.1, 0.15) is 5.82 Å². The molecule has 5 heteroatoms. The monoisotopic (exact) mass is 332 g/mol. The van der Waals surface area contributed by atoms with Crippen molar-refractivity contribution in [3.63, 3.8) is 0 Å². The average Bonchev–Trinajstić information content (AvgIpc) is 3.04. The summed E-state index contributed by atoms with van der Waals surface area (Å²) in [5.41, 5.74) is 3.17. The largest absolute Gasteiger partial charge is 0.366 e. The SMILES string of the molecule is Cc1ccnc(-c2ccc(NCc3csc4ccccc34)nc2)n1. The first-order valence-corrected chi connectivity index (χ1v) is 8.62. The number of aromatic nitrogens is 3. The minimum Gasteiger partial charge on any atom is -0.366 e. The summed E-state index contributed by atoms with van der Waals surface area (Å²) < 4.78 is 1.31. The third-order valence-corrected chi connectivity index (χ3v) is 4.85. The molecule has 4 rings (SSSR count). The highest BCUT2D eigenvalue weighted by Gasteiger charge is 2.05. The first kappa shape index (κ1) is 14.8. The van der Waals surface area contributed by atoms with Crippen molar-refractivity contribution in [3.05, 3.63) is 71.5 Å². The van der Waals surface area contributed by atoms with Crippen LogP contribution in [0, 0.1) is 6.92 Å². The Kier molecular flexibility index (Phi) is 3.92. The van der Waals surface area contributed by atoms with Crippen LogP contribution < -0.4 is 5.32 Å². The zero-order valence-electron chi connectivity index (χ0n) is 13.2. The molecule has 0 amide bonds. The second kappa shape index (κ2) is 6.37. The van der Waals surface area contributed by atoms with Crippen LogP contribution in [0.1, 0.15) is 11.3 Å². The number of aryl methyl sites for hydroxylation is 1. The van der Waals surface area contributed by atoms with Gasteiger partial charge in [0, 0.05) is 34.9 Å². The third kappa shape index (κ3) is 2.98. The van der Waals surface area contributed by atoms with E-state index in [9.17, 15) is 0 Å². The van der Waals surface area contributed by atoms with Gasteiger partial charge in [0.25, 0.3) is 0 Å². The third-order valence-electron chi connectivity index (χ3n) is 3.84. The summed E-state index contributed by atoms with van der Waals surface area (Å²) in [6.45, 7) is 2.72. The van der Waals surface area contributed by atoms with Crippen molar-refractivity contribution in [1.82, 2.24) is 15.0 Å². The van der Waals surface area contributed by atoms with E-state index in [4.69, 9.17) is 0 Å². The zero-order valence-corrected chi connectivity index (χ0v) is 14.0. The van der Waals surface area contributed by atoms with Crippen molar-refractivity contribution in [2.75, 3.05) is 5.32 Å². The second-order valence-electron chi connectivity index (χ2n) is 5.56. The molecule has 0 aliphatic heterocycles. The molecule has 3 aromatic heterocycles. The molecule has 0 fully saturated rings. The summed E-state index contributed by atoms with van der Waals surface area (Å²) in [4.78, 5) is 13.2. The number of rotatable bonds is 4. The normalized spacial score (nSPS) is 10.9. The van der Waals surface area contributed by atoms with Crippen molar-refractivity contribution in [2.24, 2.45) is 0 Å². The molecule has 0 unspecified atom stereocenters. The second-order valence-corrected chi connectivity index (χ2v) is 6.48. The van der Waals surface area contributed by atoms with Gasteiger partial charge in [-0.1, -0.05) is 18.2 Å². The van der Waals surface area contributed by atoms with Gasteiger partial charge in [-0.05, 0) is 47.5 Å². The standard InChI is InChI=1S/C19H16N4S/c1-13-8-9-20-19(23-13)14-6-7-18(21-10-14)22-11-15-12-24-17-5-3-2-4-16(15)17/h2-10,12H,11H2,1H3,(H,21,22). The lowest BCUT2D eigenvalue weighted by Crippen LogP contribution is -2.01. The summed E-state index contributed by atoms with van der Waals surface area (Å²) in [7, 11) is 0. The molecule has 3 heterocycles. The van der Waals surface area contributed by atoms with Gasteiger partial charge in [-0.2, -0.15) is 0 Å². The number of hydrogen-bond donors (Lipinski definition) is 1. The predicted molar refractivity (Wildman–Crippen MR) is 99.2 cm³/mol. The number of benzene rings is 1. The summed E-state index contributed by atoms with van der Waals surface area (Å²) >= 11 is 1.77. The number of nitrogens with one attached hydrogen (secondary N) is 1. The fourth-order valence-electron chi connectivity index (χ4n) is 2.57. The molecule has 0 aliphatic carbocycles. The maximum atomic E-state index is 4.48. The molecule has 24 heavy (non-hydrogen) atoms. The quantitative estimate of drug-likeness (QED) is 0.590. The number of anilines is 1. The van der Waals surface area contributed by atoms with Gasteiger partial charge in [0.2, 0.25) is 0 Å². The van der Waals surface area contributed by atoms with Crippen LogP contribution in [0.2, 0.25) is 0 Å². The summed E-state index contributed by atoms with van der Waals surface area (Å²) in [6.07, 6.45) is 3.58. The number of nitrogens with zero attached hydrogens (tertiary/aromatic N) is 3. The highest BCUT2D eigenvalue weighted by Crippen LogP contribution is 2.26. The topological polar surface area (TPSA) is 50.7 Å². The molecule has 1 aromatic carbocycles. The maximum absolute atomic E-state index is 4.48. The van der Waals surface area contributed by atoms with Gasteiger partial charge in [-0.25, -0.2) is 15.0 Å². The maximum Gasteiger partial charge on any atom is 0.160 e. The van der Waals surface area contributed by atoms with E-state index in [1.165, 1.54) is 15.6 Å². The van der Waals surface area contributed by atoms with E-state index < -0.39 is 0 Å². The Balaban J connectivity index is 1.49. The van der Waals surface area contributed by atoms with Crippen LogP contribution in [-0.2, 0) is 6.54 Å². The van der Waals surface area contributed by atoms with Crippen LogP contribution in [0.5, 0.6) is 0 Å². The van der Waals surface area contributed by atoms with Crippen molar-refractivity contribution >= 4 is 27.2 Å². The lowest BCUT2D eigenvalue weighted by molar-refractivity contribution is 1.10. The Morgan fingerprint density at radius 1 is 1.04 bits per heavy atom. The summed E-state index contributed by atoms with van der Waals surface area (Å²) in [5.74, 6) is 1.56. The number of fused-ring (bicyclic) bond motifs is 1. The number of thiophene rings is 1. The van der Waals surface area contributed by atoms with Gasteiger partial charge < -0.3 is 5.32 Å². The Hall–Kier alpha value is -2.79. The van der Waals surface area contributed by atoms with Gasteiger partial charge >= 0.3 is 0 Å². The van der Waals surface area contributed by atoms with Gasteiger partial charge in [-0.15, -0.1) is 11.3 Å². The summed E-state index contributed by atoms with van der Waals surface area (Å²) in [5, 5.41) is 6.89. The first-order valence-electron chi connectivity index (χ1n) is 7.75. The van der Waals surface area contributed by atoms with Crippen LogP contribution in [-0.4, -0.2) is 15.0 Å². The molecule has 118 valence electrons. The van der Waals surface area contributed by atoms with E-state index in [1.807, 2.05) is 31.3 Å². The van der Waals surface area contributed by atoms with E-state index in [1.54, 1.807) is 17.5 Å². The van der Waals surface area contributed by atoms with Crippen molar-refractivity contribution in [2.45, 2.75) is 13.5 Å². The zero-order chi connectivity index (χ0) is 16.4. The minimum atomic E-state index is 0.706. The minimum absolute atomic E-state index is 0.706. The van der Waals surface area contributed by atoms with E-state index in [-0.39, 0.29) is 0 Å². The first-order chi connectivity index (χ1) is 11.8. The van der Waals surface area contributed by atoms with Crippen LogP contribution in [0.25, 0.3) is 21.5 Å².